The summed E-state index contributed by atoms with van der Waals surface area (Å²) in [5.41, 5.74) is 5.84. The predicted molar refractivity (Wildman–Crippen MR) is 74.4 cm³/mol. The van der Waals surface area contributed by atoms with Crippen LogP contribution in [0.2, 0.25) is 0 Å². The maximum atomic E-state index is 13.3. The highest BCUT2D eigenvalue weighted by Gasteiger charge is 2.49. The largest absolute Gasteiger partial charge is 0.326 e. The maximum Gasteiger partial charge on any atom is 0.240 e. The third-order valence-electron chi connectivity index (χ3n) is 4.25. The van der Waals surface area contributed by atoms with Gasteiger partial charge in [0.1, 0.15) is 5.82 Å². The summed E-state index contributed by atoms with van der Waals surface area (Å²) in [7, 11) is 0. The van der Waals surface area contributed by atoms with Crippen LogP contribution in [0.4, 0.5) is 10.1 Å². The number of nitrogens with zero attached hydrogens (tertiary/aromatic N) is 1. The van der Waals surface area contributed by atoms with Gasteiger partial charge >= 0.3 is 0 Å². The number of rotatable bonds is 4. The summed E-state index contributed by atoms with van der Waals surface area (Å²) in [5, 5.41) is 0. The number of imide groups is 1. The highest BCUT2D eigenvalue weighted by molar-refractivity contribution is 6.22. The molecule has 108 valence electrons. The quantitative estimate of drug-likeness (QED) is 0.860. The Kier molecular flexibility index (Phi) is 3.90. The minimum absolute atomic E-state index is 0.0788. The molecule has 5 heteroatoms. The predicted octanol–water partition coefficient (Wildman–Crippen LogP) is 2.35. The van der Waals surface area contributed by atoms with E-state index in [1.807, 2.05) is 13.8 Å². The van der Waals surface area contributed by atoms with Crippen LogP contribution in [0.25, 0.3) is 0 Å². The summed E-state index contributed by atoms with van der Waals surface area (Å²) < 4.78 is 13.3. The van der Waals surface area contributed by atoms with E-state index in [0.717, 1.165) is 0 Å². The van der Waals surface area contributed by atoms with Gasteiger partial charge in [0, 0.05) is 13.0 Å². The van der Waals surface area contributed by atoms with Crippen molar-refractivity contribution in [1.29, 1.82) is 0 Å². The van der Waals surface area contributed by atoms with Crippen molar-refractivity contribution >= 4 is 17.5 Å². The van der Waals surface area contributed by atoms with Gasteiger partial charge in [0.25, 0.3) is 0 Å². The topological polar surface area (TPSA) is 63.4 Å². The molecule has 1 fully saturated rings. The molecule has 0 atom stereocenters. The van der Waals surface area contributed by atoms with Crippen molar-refractivity contribution in [3.8, 4) is 0 Å². The molecule has 0 saturated carbocycles. The fourth-order valence-electron chi connectivity index (χ4n) is 2.78. The van der Waals surface area contributed by atoms with E-state index in [4.69, 9.17) is 5.73 Å². The first kappa shape index (κ1) is 14.7. The van der Waals surface area contributed by atoms with Gasteiger partial charge in [0.15, 0.2) is 0 Å². The van der Waals surface area contributed by atoms with E-state index in [2.05, 4.69) is 0 Å². The van der Waals surface area contributed by atoms with E-state index >= 15 is 0 Å². The van der Waals surface area contributed by atoms with Crippen LogP contribution in [0.1, 0.15) is 38.7 Å². The van der Waals surface area contributed by atoms with Crippen molar-refractivity contribution in [2.45, 2.75) is 39.7 Å². The van der Waals surface area contributed by atoms with Crippen LogP contribution in [0, 0.1) is 11.2 Å². The molecule has 1 heterocycles. The third-order valence-corrected chi connectivity index (χ3v) is 4.25. The zero-order chi connectivity index (χ0) is 14.9. The summed E-state index contributed by atoms with van der Waals surface area (Å²) in [5.74, 6) is -0.862. The molecule has 2 N–H and O–H groups in total. The lowest BCUT2D eigenvalue weighted by atomic mass is 9.81. The lowest BCUT2D eigenvalue weighted by Gasteiger charge is -2.24. The first-order chi connectivity index (χ1) is 9.49. The van der Waals surface area contributed by atoms with Crippen molar-refractivity contribution < 1.29 is 14.0 Å². The molecule has 2 amide bonds. The van der Waals surface area contributed by atoms with Crippen molar-refractivity contribution in [2.24, 2.45) is 11.1 Å². The second-order valence-corrected chi connectivity index (χ2v) is 5.18. The second kappa shape index (κ2) is 5.32. The Balaban J connectivity index is 2.48. The Morgan fingerprint density at radius 2 is 1.95 bits per heavy atom. The molecular weight excluding hydrogens is 259 g/mol. The zero-order valence-corrected chi connectivity index (χ0v) is 11.8. The minimum atomic E-state index is -0.628. The van der Waals surface area contributed by atoms with Crippen LogP contribution in [-0.2, 0) is 16.1 Å². The number of nitrogens with two attached hydrogens (primary N) is 1. The number of carbonyl (C=O) groups is 2. The van der Waals surface area contributed by atoms with Crippen LogP contribution in [0.5, 0.6) is 0 Å². The number of carbonyl (C=O) groups excluding carboxylic acids is 2. The Bertz CT molecular complexity index is 553. The minimum Gasteiger partial charge on any atom is -0.326 e. The van der Waals surface area contributed by atoms with Gasteiger partial charge in [0.2, 0.25) is 11.8 Å². The average molecular weight is 278 g/mol. The van der Waals surface area contributed by atoms with Gasteiger partial charge in [-0.05, 0) is 36.6 Å². The van der Waals surface area contributed by atoms with E-state index in [0.29, 0.717) is 24.1 Å². The first-order valence-electron chi connectivity index (χ1n) is 6.85. The molecule has 0 aliphatic carbocycles. The normalized spacial score (nSPS) is 17.9. The Morgan fingerprint density at radius 1 is 1.30 bits per heavy atom. The number of hydrogen-bond donors (Lipinski definition) is 1. The lowest BCUT2D eigenvalue weighted by Crippen LogP contribution is -2.36. The van der Waals surface area contributed by atoms with Crippen LogP contribution >= 0.6 is 0 Å². The molecule has 2 rings (SSSR count). The molecule has 4 nitrogen and oxygen atoms in total. The highest BCUT2D eigenvalue weighted by atomic mass is 19.1. The molecule has 20 heavy (non-hydrogen) atoms. The van der Waals surface area contributed by atoms with E-state index in [9.17, 15) is 14.0 Å². The highest BCUT2D eigenvalue weighted by Crippen LogP contribution is 2.42. The van der Waals surface area contributed by atoms with Crippen molar-refractivity contribution in [3.63, 3.8) is 0 Å². The van der Waals surface area contributed by atoms with E-state index < -0.39 is 11.2 Å². The molecule has 0 bridgehead atoms. The van der Waals surface area contributed by atoms with Gasteiger partial charge < -0.3 is 5.73 Å². The smallest absolute Gasteiger partial charge is 0.240 e. The summed E-state index contributed by atoms with van der Waals surface area (Å²) >= 11 is 0. The Hall–Kier alpha value is -1.75. The van der Waals surface area contributed by atoms with Crippen molar-refractivity contribution in [3.05, 3.63) is 29.6 Å². The molecule has 1 aromatic carbocycles. The molecule has 1 saturated heterocycles. The summed E-state index contributed by atoms with van der Waals surface area (Å²) in [4.78, 5) is 26.0. The van der Waals surface area contributed by atoms with Crippen LogP contribution < -0.4 is 10.6 Å². The third kappa shape index (κ3) is 2.12. The van der Waals surface area contributed by atoms with Crippen LogP contribution in [0.15, 0.2) is 18.2 Å². The second-order valence-electron chi connectivity index (χ2n) is 5.18. The van der Waals surface area contributed by atoms with Gasteiger partial charge in [-0.2, -0.15) is 0 Å². The SMILES string of the molecule is CCC1(CC)CC(=O)N(c2ccc(F)cc2CN)C1=O. The molecule has 1 aliphatic rings. The number of amides is 2. The Labute approximate surface area is 117 Å². The average Bonchev–Trinajstić information content (AvgIpc) is 2.70. The molecule has 0 unspecified atom stereocenters. The van der Waals surface area contributed by atoms with Gasteiger partial charge in [0.05, 0.1) is 11.1 Å². The van der Waals surface area contributed by atoms with E-state index in [1.165, 1.54) is 23.1 Å². The lowest BCUT2D eigenvalue weighted by molar-refractivity contribution is -0.126. The van der Waals surface area contributed by atoms with Crippen LogP contribution in [0.3, 0.4) is 0 Å². The van der Waals surface area contributed by atoms with E-state index in [1.54, 1.807) is 0 Å². The fourth-order valence-corrected chi connectivity index (χ4v) is 2.78. The van der Waals surface area contributed by atoms with Gasteiger partial charge in [-0.3, -0.25) is 9.59 Å². The molecule has 1 aliphatic heterocycles. The number of anilines is 1. The van der Waals surface area contributed by atoms with E-state index in [-0.39, 0.29) is 24.8 Å². The van der Waals surface area contributed by atoms with Gasteiger partial charge in [-0.15, -0.1) is 0 Å². The monoisotopic (exact) mass is 278 g/mol. The molecule has 1 aromatic rings. The zero-order valence-electron chi connectivity index (χ0n) is 11.8. The van der Waals surface area contributed by atoms with Crippen LogP contribution in [-0.4, -0.2) is 11.8 Å². The summed E-state index contributed by atoms with van der Waals surface area (Å²) in [6.45, 7) is 3.90. The summed E-state index contributed by atoms with van der Waals surface area (Å²) in [6.07, 6.45) is 1.44. The number of benzene rings is 1. The van der Waals surface area contributed by atoms with Crippen molar-refractivity contribution in [2.75, 3.05) is 4.90 Å². The first-order valence-corrected chi connectivity index (χ1v) is 6.85. The molecular formula is C15H19FN2O2. The van der Waals surface area contributed by atoms with Gasteiger partial charge in [-0.1, -0.05) is 13.8 Å². The molecule has 0 spiro atoms. The fraction of sp³-hybridized carbons (Fsp3) is 0.467. The maximum absolute atomic E-state index is 13.3. The van der Waals surface area contributed by atoms with Gasteiger partial charge in [-0.25, -0.2) is 9.29 Å². The van der Waals surface area contributed by atoms with Crippen molar-refractivity contribution in [1.82, 2.24) is 0 Å². The number of hydrogen-bond acceptors (Lipinski definition) is 3. The Morgan fingerprint density at radius 3 is 2.45 bits per heavy atom. The standard InChI is InChI=1S/C15H19FN2O2/c1-3-15(4-2)8-13(19)18(14(15)20)12-6-5-11(16)7-10(12)9-17/h5-7H,3-4,8-9,17H2,1-2H3. The molecule has 0 aromatic heterocycles. The number of halogens is 1. The molecule has 0 radical (unpaired) electrons. The summed E-state index contributed by atoms with van der Waals surface area (Å²) in [6, 6.07) is 3.97.